The first kappa shape index (κ1) is 19.3. The molecule has 11 nitrogen and oxygen atoms in total. The minimum atomic E-state index is -1.53. The lowest BCUT2D eigenvalue weighted by molar-refractivity contribution is -0.143. The van der Waals surface area contributed by atoms with Gasteiger partial charge in [0.1, 0.15) is 12.1 Å². The van der Waals surface area contributed by atoms with Crippen molar-refractivity contribution < 1.29 is 34.2 Å². The SMILES string of the molecule is C[C@H](NC(=O)[C@@H](N)CC(=O)O)C(=O)N[C@@H](CC(N)=O)C(=O)O. The van der Waals surface area contributed by atoms with Crippen LogP contribution in [0, 0.1) is 0 Å². The summed E-state index contributed by atoms with van der Waals surface area (Å²) in [5.74, 6) is -5.44. The first-order chi connectivity index (χ1) is 10.0. The summed E-state index contributed by atoms with van der Waals surface area (Å²) in [4.78, 5) is 55.2. The maximum Gasteiger partial charge on any atom is 0.326 e. The van der Waals surface area contributed by atoms with Gasteiger partial charge in [0.05, 0.1) is 18.9 Å². The van der Waals surface area contributed by atoms with E-state index in [2.05, 4.69) is 5.32 Å². The number of carboxylic acid groups (broad SMARTS) is 2. The zero-order valence-electron chi connectivity index (χ0n) is 11.7. The van der Waals surface area contributed by atoms with Crippen molar-refractivity contribution in [1.29, 1.82) is 0 Å². The van der Waals surface area contributed by atoms with Gasteiger partial charge in [-0.25, -0.2) is 4.79 Å². The molecule has 3 amide bonds. The average molecular weight is 318 g/mol. The molecular formula is C11H18N4O7. The Labute approximate surface area is 125 Å². The summed E-state index contributed by atoms with van der Waals surface area (Å²) in [6.07, 6.45) is -1.24. The second-order valence-corrected chi connectivity index (χ2v) is 4.50. The zero-order valence-corrected chi connectivity index (χ0v) is 11.7. The Morgan fingerprint density at radius 1 is 1.00 bits per heavy atom. The number of amides is 3. The zero-order chi connectivity index (χ0) is 17.4. The van der Waals surface area contributed by atoms with Gasteiger partial charge < -0.3 is 32.3 Å². The Morgan fingerprint density at radius 3 is 1.95 bits per heavy atom. The van der Waals surface area contributed by atoms with Gasteiger partial charge in [-0.1, -0.05) is 0 Å². The van der Waals surface area contributed by atoms with Crippen LogP contribution in [0.3, 0.4) is 0 Å². The number of hydrogen-bond acceptors (Lipinski definition) is 6. The number of nitrogens with two attached hydrogens (primary N) is 2. The second kappa shape index (κ2) is 8.56. The Morgan fingerprint density at radius 2 is 1.55 bits per heavy atom. The molecule has 0 aromatic heterocycles. The van der Waals surface area contributed by atoms with Crippen molar-refractivity contribution in [3.8, 4) is 0 Å². The van der Waals surface area contributed by atoms with Crippen molar-refractivity contribution in [2.45, 2.75) is 37.9 Å². The number of nitrogens with one attached hydrogen (secondary N) is 2. The smallest absolute Gasteiger partial charge is 0.326 e. The molecule has 124 valence electrons. The number of rotatable bonds is 9. The molecule has 0 bridgehead atoms. The highest BCUT2D eigenvalue weighted by Gasteiger charge is 2.26. The van der Waals surface area contributed by atoms with Crippen LogP contribution in [0.2, 0.25) is 0 Å². The fourth-order valence-electron chi connectivity index (χ4n) is 1.36. The fourth-order valence-corrected chi connectivity index (χ4v) is 1.36. The van der Waals surface area contributed by atoms with E-state index in [1.165, 1.54) is 6.92 Å². The lowest BCUT2D eigenvalue weighted by Gasteiger charge is -2.19. The molecule has 0 saturated carbocycles. The first-order valence-corrected chi connectivity index (χ1v) is 6.13. The van der Waals surface area contributed by atoms with E-state index in [9.17, 15) is 24.0 Å². The second-order valence-electron chi connectivity index (χ2n) is 4.50. The van der Waals surface area contributed by atoms with E-state index >= 15 is 0 Å². The molecule has 0 radical (unpaired) electrons. The van der Waals surface area contributed by atoms with Crippen LogP contribution in [-0.2, 0) is 24.0 Å². The lowest BCUT2D eigenvalue weighted by atomic mass is 10.1. The van der Waals surface area contributed by atoms with Crippen LogP contribution in [-0.4, -0.2) is 58.0 Å². The summed E-state index contributed by atoms with van der Waals surface area (Å²) in [6, 6.07) is -4.06. The summed E-state index contributed by atoms with van der Waals surface area (Å²) in [7, 11) is 0. The van der Waals surface area contributed by atoms with Crippen molar-refractivity contribution in [2.24, 2.45) is 11.5 Å². The molecule has 11 heteroatoms. The van der Waals surface area contributed by atoms with Crippen LogP contribution < -0.4 is 22.1 Å². The summed E-state index contributed by atoms with van der Waals surface area (Å²) in [6.45, 7) is 1.24. The van der Waals surface area contributed by atoms with Gasteiger partial charge in [0.15, 0.2) is 0 Å². The maximum atomic E-state index is 11.7. The minimum absolute atomic E-state index is 0.611. The number of carbonyl (C=O) groups excluding carboxylic acids is 3. The molecule has 8 N–H and O–H groups in total. The number of carbonyl (C=O) groups is 5. The Bertz CT molecular complexity index is 479. The summed E-state index contributed by atoms with van der Waals surface area (Å²) >= 11 is 0. The van der Waals surface area contributed by atoms with Gasteiger partial charge in [-0.05, 0) is 6.92 Å². The quantitative estimate of drug-likeness (QED) is 0.254. The van der Waals surface area contributed by atoms with Gasteiger partial charge in [0.25, 0.3) is 0 Å². The van der Waals surface area contributed by atoms with Gasteiger partial charge in [-0.3, -0.25) is 19.2 Å². The molecular weight excluding hydrogens is 300 g/mol. The van der Waals surface area contributed by atoms with Crippen LogP contribution in [0.25, 0.3) is 0 Å². The highest BCUT2D eigenvalue weighted by molar-refractivity contribution is 5.93. The fraction of sp³-hybridized carbons (Fsp3) is 0.545. The van der Waals surface area contributed by atoms with E-state index < -0.39 is 60.6 Å². The molecule has 0 aliphatic heterocycles. The van der Waals surface area contributed by atoms with Crippen molar-refractivity contribution in [3.63, 3.8) is 0 Å². The van der Waals surface area contributed by atoms with Crippen molar-refractivity contribution in [3.05, 3.63) is 0 Å². The normalized spacial score (nSPS) is 14.3. The number of aliphatic carboxylic acids is 2. The van der Waals surface area contributed by atoms with Crippen molar-refractivity contribution >= 4 is 29.7 Å². The third-order valence-electron chi connectivity index (χ3n) is 2.50. The molecule has 0 unspecified atom stereocenters. The highest BCUT2D eigenvalue weighted by atomic mass is 16.4. The van der Waals surface area contributed by atoms with Crippen LogP contribution in [0.4, 0.5) is 0 Å². The number of carboxylic acids is 2. The molecule has 0 heterocycles. The molecule has 0 aliphatic carbocycles. The number of primary amides is 1. The van der Waals surface area contributed by atoms with Gasteiger partial charge in [0.2, 0.25) is 17.7 Å². The Hall–Kier alpha value is -2.69. The first-order valence-electron chi connectivity index (χ1n) is 6.13. The Kier molecular flexibility index (Phi) is 7.52. The number of hydrogen-bond donors (Lipinski definition) is 6. The molecule has 0 spiro atoms. The van der Waals surface area contributed by atoms with Gasteiger partial charge in [0, 0.05) is 0 Å². The van der Waals surface area contributed by atoms with Gasteiger partial charge in [-0.15, -0.1) is 0 Å². The monoisotopic (exact) mass is 318 g/mol. The summed E-state index contributed by atoms with van der Waals surface area (Å²) < 4.78 is 0. The standard InChI is InChI=1S/C11H18N4O7/c1-4(14-10(20)5(12)2-8(17)18)9(19)15-6(11(21)22)3-7(13)16/h4-6H,2-3,12H2,1H3,(H2,13,16)(H,14,20)(H,15,19)(H,17,18)(H,21,22)/t4-,5-,6-/m0/s1. The van der Waals surface area contributed by atoms with Gasteiger partial charge >= 0.3 is 11.9 Å². The van der Waals surface area contributed by atoms with E-state index in [4.69, 9.17) is 21.7 Å². The molecule has 0 fully saturated rings. The molecule has 22 heavy (non-hydrogen) atoms. The minimum Gasteiger partial charge on any atom is -0.481 e. The lowest BCUT2D eigenvalue weighted by Crippen LogP contribution is -2.54. The summed E-state index contributed by atoms with van der Waals surface area (Å²) in [5.41, 5.74) is 10.2. The van der Waals surface area contributed by atoms with Crippen LogP contribution in [0.5, 0.6) is 0 Å². The van der Waals surface area contributed by atoms with Crippen molar-refractivity contribution in [1.82, 2.24) is 10.6 Å². The van der Waals surface area contributed by atoms with Gasteiger partial charge in [-0.2, -0.15) is 0 Å². The maximum absolute atomic E-state index is 11.7. The largest absolute Gasteiger partial charge is 0.481 e. The molecule has 0 rings (SSSR count). The predicted octanol–water partition coefficient (Wildman–Crippen LogP) is -3.26. The average Bonchev–Trinajstić information content (AvgIpc) is 2.35. The van der Waals surface area contributed by atoms with E-state index in [-0.39, 0.29) is 0 Å². The van der Waals surface area contributed by atoms with Crippen molar-refractivity contribution in [2.75, 3.05) is 0 Å². The van der Waals surface area contributed by atoms with Crippen LogP contribution in [0.1, 0.15) is 19.8 Å². The van der Waals surface area contributed by atoms with E-state index in [0.717, 1.165) is 0 Å². The van der Waals surface area contributed by atoms with E-state index in [1.54, 1.807) is 0 Å². The van der Waals surface area contributed by atoms with Crippen LogP contribution >= 0.6 is 0 Å². The molecule has 3 atom stereocenters. The molecule has 0 aliphatic rings. The molecule has 0 aromatic carbocycles. The van der Waals surface area contributed by atoms with E-state index in [1.807, 2.05) is 5.32 Å². The summed E-state index contributed by atoms with van der Waals surface area (Å²) in [5, 5.41) is 21.5. The topological polar surface area (TPSA) is 202 Å². The molecule has 0 saturated heterocycles. The third kappa shape index (κ3) is 7.19. The van der Waals surface area contributed by atoms with E-state index in [0.29, 0.717) is 0 Å². The van der Waals surface area contributed by atoms with Crippen LogP contribution in [0.15, 0.2) is 0 Å². The Balaban J connectivity index is 4.58. The highest BCUT2D eigenvalue weighted by Crippen LogP contribution is 1.95. The molecule has 0 aromatic rings. The third-order valence-corrected chi connectivity index (χ3v) is 2.50. The predicted molar refractivity (Wildman–Crippen MR) is 71.2 cm³/mol.